The van der Waals surface area contributed by atoms with Crippen molar-refractivity contribution in [2.24, 2.45) is 5.92 Å². The largest absolute Gasteiger partial charge is 0.477 e. The Hall–Kier alpha value is -1.58. The summed E-state index contributed by atoms with van der Waals surface area (Å²) in [6.45, 7) is 2.24. The van der Waals surface area contributed by atoms with Crippen molar-refractivity contribution in [3.05, 3.63) is 24.0 Å². The Morgan fingerprint density at radius 1 is 1.56 bits per heavy atom. The molecule has 1 aromatic rings. The van der Waals surface area contributed by atoms with Gasteiger partial charge in [0.25, 0.3) is 0 Å². The van der Waals surface area contributed by atoms with E-state index in [9.17, 15) is 4.79 Å². The van der Waals surface area contributed by atoms with Crippen LogP contribution in [0.3, 0.4) is 0 Å². The molecule has 0 radical (unpaired) electrons. The second-order valence-electron chi connectivity index (χ2n) is 5.02. The molecule has 2 unspecified atom stereocenters. The number of hydrogen-bond donors (Lipinski definition) is 2. The van der Waals surface area contributed by atoms with Gasteiger partial charge in [-0.05, 0) is 30.9 Å². The van der Waals surface area contributed by atoms with Crippen molar-refractivity contribution in [3.8, 4) is 0 Å². The molecule has 0 bridgehead atoms. The number of aromatic carboxylic acids is 1. The van der Waals surface area contributed by atoms with E-state index in [2.05, 4.69) is 17.2 Å². The van der Waals surface area contributed by atoms with E-state index in [1.54, 1.807) is 12.3 Å². The fraction of sp³-hybridized carbons (Fsp3) is 0.571. The summed E-state index contributed by atoms with van der Waals surface area (Å²) in [4.78, 5) is 14.7. The van der Waals surface area contributed by atoms with Crippen LogP contribution >= 0.6 is 0 Å². The van der Waals surface area contributed by atoms with E-state index >= 15 is 0 Å². The quantitative estimate of drug-likeness (QED) is 0.859. The highest BCUT2D eigenvalue weighted by Gasteiger charge is 2.20. The summed E-state index contributed by atoms with van der Waals surface area (Å²) in [6, 6.07) is 3.91. The zero-order chi connectivity index (χ0) is 13.0. The summed E-state index contributed by atoms with van der Waals surface area (Å²) < 4.78 is 0. The molecule has 1 saturated carbocycles. The zero-order valence-electron chi connectivity index (χ0n) is 10.7. The molecule has 1 aromatic heterocycles. The predicted octanol–water partition coefficient (Wildman–Crippen LogP) is 3.16. The van der Waals surface area contributed by atoms with Crippen LogP contribution in [-0.4, -0.2) is 22.1 Å². The summed E-state index contributed by atoms with van der Waals surface area (Å²) in [5.41, 5.74) is 0.965. The molecule has 2 rings (SSSR count). The molecule has 1 fully saturated rings. The zero-order valence-corrected chi connectivity index (χ0v) is 10.7. The average Bonchev–Trinajstić information content (AvgIpc) is 2.39. The number of anilines is 1. The van der Waals surface area contributed by atoms with Gasteiger partial charge in [0.05, 0.1) is 0 Å². The van der Waals surface area contributed by atoms with Crippen molar-refractivity contribution in [3.63, 3.8) is 0 Å². The molecular formula is C14H20N2O2. The summed E-state index contributed by atoms with van der Waals surface area (Å²) in [7, 11) is 0. The lowest BCUT2D eigenvalue weighted by Crippen LogP contribution is -2.27. The SMILES string of the molecule is CCC1CCCC(Nc2ccnc(C(=O)O)c2)C1. The topological polar surface area (TPSA) is 62.2 Å². The van der Waals surface area contributed by atoms with Crippen molar-refractivity contribution < 1.29 is 9.90 Å². The number of pyridine rings is 1. The third kappa shape index (κ3) is 3.22. The lowest BCUT2D eigenvalue weighted by atomic mass is 9.84. The first-order chi connectivity index (χ1) is 8.69. The van der Waals surface area contributed by atoms with E-state index in [0.29, 0.717) is 6.04 Å². The van der Waals surface area contributed by atoms with Crippen LogP contribution in [0.25, 0.3) is 0 Å². The van der Waals surface area contributed by atoms with Gasteiger partial charge in [-0.25, -0.2) is 9.78 Å². The Balaban J connectivity index is 2.00. The molecule has 0 aromatic carbocycles. The summed E-state index contributed by atoms with van der Waals surface area (Å²) in [5, 5.41) is 12.3. The Kier molecular flexibility index (Phi) is 4.18. The Labute approximate surface area is 107 Å². The third-order valence-corrected chi connectivity index (χ3v) is 3.71. The van der Waals surface area contributed by atoms with E-state index in [0.717, 1.165) is 11.6 Å². The van der Waals surface area contributed by atoms with Crippen LogP contribution in [0.4, 0.5) is 5.69 Å². The smallest absolute Gasteiger partial charge is 0.354 e. The van der Waals surface area contributed by atoms with Crippen molar-refractivity contribution in [2.45, 2.75) is 45.1 Å². The predicted molar refractivity (Wildman–Crippen MR) is 70.9 cm³/mol. The molecule has 98 valence electrons. The van der Waals surface area contributed by atoms with Gasteiger partial charge in [0.2, 0.25) is 0 Å². The molecule has 0 aliphatic heterocycles. The molecule has 4 nitrogen and oxygen atoms in total. The van der Waals surface area contributed by atoms with Crippen molar-refractivity contribution in [1.82, 2.24) is 4.98 Å². The van der Waals surface area contributed by atoms with Crippen molar-refractivity contribution in [2.75, 3.05) is 5.32 Å². The van der Waals surface area contributed by atoms with Crippen LogP contribution in [0, 0.1) is 5.92 Å². The van der Waals surface area contributed by atoms with Crippen LogP contribution in [0.15, 0.2) is 18.3 Å². The van der Waals surface area contributed by atoms with E-state index in [1.807, 2.05) is 6.07 Å². The number of carboxylic acids is 1. The van der Waals surface area contributed by atoms with Crippen LogP contribution in [-0.2, 0) is 0 Å². The van der Waals surface area contributed by atoms with E-state index in [4.69, 9.17) is 5.11 Å². The molecular weight excluding hydrogens is 228 g/mol. The minimum Gasteiger partial charge on any atom is -0.477 e. The van der Waals surface area contributed by atoms with Gasteiger partial charge < -0.3 is 10.4 Å². The lowest BCUT2D eigenvalue weighted by Gasteiger charge is -2.29. The number of aromatic nitrogens is 1. The van der Waals surface area contributed by atoms with Gasteiger partial charge in [0.1, 0.15) is 5.69 Å². The van der Waals surface area contributed by atoms with E-state index in [-0.39, 0.29) is 5.69 Å². The van der Waals surface area contributed by atoms with Crippen LogP contribution < -0.4 is 5.32 Å². The number of carbonyl (C=O) groups is 1. The standard InChI is InChI=1S/C14H20N2O2/c1-2-10-4-3-5-11(8-10)16-12-6-7-15-13(9-12)14(17)18/h6-7,9-11H,2-5,8H2,1H3,(H,15,16)(H,17,18). The van der Waals surface area contributed by atoms with E-state index < -0.39 is 5.97 Å². The molecule has 2 atom stereocenters. The molecule has 4 heteroatoms. The average molecular weight is 248 g/mol. The van der Waals surface area contributed by atoms with Crippen LogP contribution in [0.2, 0.25) is 0 Å². The monoisotopic (exact) mass is 248 g/mol. The first-order valence-electron chi connectivity index (χ1n) is 6.65. The lowest BCUT2D eigenvalue weighted by molar-refractivity contribution is 0.0690. The van der Waals surface area contributed by atoms with Gasteiger partial charge in [0, 0.05) is 17.9 Å². The molecule has 0 saturated heterocycles. The maximum atomic E-state index is 10.9. The molecule has 1 aliphatic rings. The van der Waals surface area contributed by atoms with Crippen molar-refractivity contribution in [1.29, 1.82) is 0 Å². The molecule has 0 spiro atoms. The highest BCUT2D eigenvalue weighted by atomic mass is 16.4. The first-order valence-corrected chi connectivity index (χ1v) is 6.65. The Bertz CT molecular complexity index is 420. The van der Waals surface area contributed by atoms with Gasteiger partial charge >= 0.3 is 5.97 Å². The maximum absolute atomic E-state index is 10.9. The summed E-state index contributed by atoms with van der Waals surface area (Å²) >= 11 is 0. The van der Waals surface area contributed by atoms with Gasteiger partial charge in [-0.15, -0.1) is 0 Å². The molecule has 2 N–H and O–H groups in total. The molecule has 0 amide bonds. The van der Waals surface area contributed by atoms with Gasteiger partial charge in [-0.1, -0.05) is 26.2 Å². The second-order valence-corrected chi connectivity index (χ2v) is 5.02. The number of rotatable bonds is 4. The fourth-order valence-corrected chi connectivity index (χ4v) is 2.67. The highest BCUT2D eigenvalue weighted by Crippen LogP contribution is 2.28. The number of hydrogen-bond acceptors (Lipinski definition) is 3. The van der Waals surface area contributed by atoms with Crippen LogP contribution in [0.1, 0.15) is 49.5 Å². The van der Waals surface area contributed by atoms with E-state index in [1.165, 1.54) is 32.1 Å². The maximum Gasteiger partial charge on any atom is 0.354 e. The minimum atomic E-state index is -0.978. The minimum absolute atomic E-state index is 0.0999. The number of nitrogens with zero attached hydrogens (tertiary/aromatic N) is 1. The van der Waals surface area contributed by atoms with Gasteiger partial charge in [0.15, 0.2) is 0 Å². The van der Waals surface area contributed by atoms with Gasteiger partial charge in [-0.2, -0.15) is 0 Å². The molecule has 1 heterocycles. The molecule has 1 aliphatic carbocycles. The Morgan fingerprint density at radius 2 is 2.39 bits per heavy atom. The first kappa shape index (κ1) is 12.9. The summed E-state index contributed by atoms with van der Waals surface area (Å²) in [6.07, 6.45) is 7.71. The number of nitrogens with one attached hydrogen (secondary N) is 1. The molecule has 18 heavy (non-hydrogen) atoms. The normalized spacial score (nSPS) is 23.6. The fourth-order valence-electron chi connectivity index (χ4n) is 2.67. The summed E-state index contributed by atoms with van der Waals surface area (Å²) in [5.74, 6) is -0.175. The Morgan fingerprint density at radius 3 is 3.11 bits per heavy atom. The van der Waals surface area contributed by atoms with Gasteiger partial charge in [-0.3, -0.25) is 0 Å². The highest BCUT2D eigenvalue weighted by molar-refractivity contribution is 5.86. The van der Waals surface area contributed by atoms with Crippen LogP contribution in [0.5, 0.6) is 0 Å². The third-order valence-electron chi connectivity index (χ3n) is 3.71. The number of carboxylic acid groups (broad SMARTS) is 1. The van der Waals surface area contributed by atoms with Crippen molar-refractivity contribution >= 4 is 11.7 Å². The second kappa shape index (κ2) is 5.85.